The highest BCUT2D eigenvalue weighted by Crippen LogP contribution is 2.28. The lowest BCUT2D eigenvalue weighted by Crippen LogP contribution is -2.24. The number of halogens is 1. The van der Waals surface area contributed by atoms with Crippen LogP contribution in [0.1, 0.15) is 32.0 Å². The predicted octanol–water partition coefficient (Wildman–Crippen LogP) is 4.26. The van der Waals surface area contributed by atoms with Gasteiger partial charge in [-0.15, -0.1) is 0 Å². The van der Waals surface area contributed by atoms with Crippen LogP contribution in [0.3, 0.4) is 0 Å². The SMILES string of the molecule is CCc1cc2c(-c3cccc(Cl)c3)nc(=O)n(CC)c2nc1CC. The number of fused-ring (bicyclic) bond motifs is 1. The summed E-state index contributed by atoms with van der Waals surface area (Å²) >= 11 is 6.12. The molecule has 0 bridgehead atoms. The molecule has 0 atom stereocenters. The molecule has 3 aromatic rings. The van der Waals surface area contributed by atoms with Gasteiger partial charge in [0.15, 0.2) is 0 Å². The van der Waals surface area contributed by atoms with Crippen molar-refractivity contribution in [2.24, 2.45) is 0 Å². The van der Waals surface area contributed by atoms with E-state index < -0.39 is 0 Å². The number of aryl methyl sites for hydroxylation is 3. The number of benzene rings is 1. The third kappa shape index (κ3) is 2.82. The third-order valence-electron chi connectivity index (χ3n) is 4.25. The van der Waals surface area contributed by atoms with Crippen molar-refractivity contribution in [3.05, 3.63) is 57.1 Å². The van der Waals surface area contributed by atoms with Gasteiger partial charge in [0.2, 0.25) is 0 Å². The molecule has 0 N–H and O–H groups in total. The summed E-state index contributed by atoms with van der Waals surface area (Å²) in [5.74, 6) is 0. The summed E-state index contributed by atoms with van der Waals surface area (Å²) in [6, 6.07) is 9.55. The summed E-state index contributed by atoms with van der Waals surface area (Å²) < 4.78 is 1.63. The molecule has 0 fully saturated rings. The third-order valence-corrected chi connectivity index (χ3v) is 4.49. The average molecular weight is 342 g/mol. The Morgan fingerprint density at radius 1 is 1.08 bits per heavy atom. The molecule has 24 heavy (non-hydrogen) atoms. The number of aromatic nitrogens is 3. The second-order valence-corrected chi connectivity index (χ2v) is 6.11. The molecule has 0 unspecified atom stereocenters. The molecule has 2 heterocycles. The maximum Gasteiger partial charge on any atom is 0.349 e. The largest absolute Gasteiger partial charge is 0.349 e. The first kappa shape index (κ1) is 16.7. The Morgan fingerprint density at radius 2 is 1.88 bits per heavy atom. The van der Waals surface area contributed by atoms with Gasteiger partial charge in [-0.2, -0.15) is 4.98 Å². The number of nitrogens with zero attached hydrogens (tertiary/aromatic N) is 3. The van der Waals surface area contributed by atoms with Crippen LogP contribution in [-0.2, 0) is 19.4 Å². The van der Waals surface area contributed by atoms with Crippen LogP contribution in [0.15, 0.2) is 35.1 Å². The number of hydrogen-bond donors (Lipinski definition) is 0. The van der Waals surface area contributed by atoms with Crippen molar-refractivity contribution in [1.29, 1.82) is 0 Å². The first-order chi connectivity index (χ1) is 11.6. The molecular weight excluding hydrogens is 322 g/mol. The maximum absolute atomic E-state index is 12.5. The molecule has 0 spiro atoms. The van der Waals surface area contributed by atoms with Gasteiger partial charge in [0, 0.05) is 28.2 Å². The second-order valence-electron chi connectivity index (χ2n) is 5.67. The zero-order valence-corrected chi connectivity index (χ0v) is 14.9. The van der Waals surface area contributed by atoms with E-state index in [1.54, 1.807) is 4.57 Å². The summed E-state index contributed by atoms with van der Waals surface area (Å²) in [4.78, 5) is 21.6. The van der Waals surface area contributed by atoms with Crippen molar-refractivity contribution in [3.8, 4) is 11.3 Å². The van der Waals surface area contributed by atoms with Crippen molar-refractivity contribution in [3.63, 3.8) is 0 Å². The van der Waals surface area contributed by atoms with E-state index in [1.807, 2.05) is 31.2 Å². The van der Waals surface area contributed by atoms with Crippen molar-refractivity contribution >= 4 is 22.6 Å². The van der Waals surface area contributed by atoms with E-state index in [0.717, 1.165) is 29.5 Å². The van der Waals surface area contributed by atoms with E-state index in [0.29, 0.717) is 22.9 Å². The van der Waals surface area contributed by atoms with E-state index in [2.05, 4.69) is 24.9 Å². The van der Waals surface area contributed by atoms with Crippen LogP contribution in [0, 0.1) is 0 Å². The summed E-state index contributed by atoms with van der Waals surface area (Å²) in [6.07, 6.45) is 1.73. The zero-order valence-electron chi connectivity index (χ0n) is 14.1. The quantitative estimate of drug-likeness (QED) is 0.712. The smallest absolute Gasteiger partial charge is 0.276 e. The highest BCUT2D eigenvalue weighted by atomic mass is 35.5. The number of hydrogen-bond acceptors (Lipinski definition) is 3. The Bertz CT molecular complexity index is 963. The fourth-order valence-electron chi connectivity index (χ4n) is 3.02. The monoisotopic (exact) mass is 341 g/mol. The van der Waals surface area contributed by atoms with Crippen LogP contribution < -0.4 is 5.69 Å². The standard InChI is InChI=1S/C19H20ClN3O/c1-4-12-11-15-17(13-8-7-9-14(20)10-13)22-19(24)23(6-3)18(15)21-16(12)5-2/h7-11H,4-6H2,1-3H3. The van der Waals surface area contributed by atoms with Gasteiger partial charge in [-0.05, 0) is 43.5 Å². The summed E-state index contributed by atoms with van der Waals surface area (Å²) in [6.45, 7) is 6.67. The Labute approximate surface area is 146 Å². The first-order valence-electron chi connectivity index (χ1n) is 8.28. The lowest BCUT2D eigenvalue weighted by molar-refractivity contribution is 0.720. The van der Waals surface area contributed by atoms with Gasteiger partial charge in [-0.1, -0.05) is 37.6 Å². The van der Waals surface area contributed by atoms with E-state index in [4.69, 9.17) is 16.6 Å². The van der Waals surface area contributed by atoms with Crippen molar-refractivity contribution < 1.29 is 0 Å². The van der Waals surface area contributed by atoms with Gasteiger partial charge < -0.3 is 0 Å². The highest BCUT2D eigenvalue weighted by molar-refractivity contribution is 6.30. The molecule has 3 rings (SSSR count). The molecule has 0 saturated heterocycles. The topological polar surface area (TPSA) is 47.8 Å². The molecule has 2 aromatic heterocycles. The second kappa shape index (κ2) is 6.73. The molecule has 0 radical (unpaired) electrons. The van der Waals surface area contributed by atoms with Crippen molar-refractivity contribution in [1.82, 2.24) is 14.5 Å². The minimum Gasteiger partial charge on any atom is -0.276 e. The molecule has 0 aliphatic carbocycles. The average Bonchev–Trinajstić information content (AvgIpc) is 2.59. The number of rotatable bonds is 4. The molecule has 5 heteroatoms. The molecule has 0 amide bonds. The first-order valence-corrected chi connectivity index (χ1v) is 8.66. The Hall–Kier alpha value is -2.20. The zero-order chi connectivity index (χ0) is 17.3. The van der Waals surface area contributed by atoms with Crippen LogP contribution in [0.4, 0.5) is 0 Å². The summed E-state index contributed by atoms with van der Waals surface area (Å²) in [7, 11) is 0. The Morgan fingerprint density at radius 3 is 2.50 bits per heavy atom. The molecule has 4 nitrogen and oxygen atoms in total. The molecule has 0 saturated carbocycles. The van der Waals surface area contributed by atoms with Gasteiger partial charge in [-0.3, -0.25) is 4.57 Å². The molecular formula is C19H20ClN3O. The predicted molar refractivity (Wildman–Crippen MR) is 98.7 cm³/mol. The van der Waals surface area contributed by atoms with Gasteiger partial charge in [0.1, 0.15) is 5.65 Å². The van der Waals surface area contributed by atoms with Gasteiger partial charge in [-0.25, -0.2) is 9.78 Å². The van der Waals surface area contributed by atoms with Crippen LogP contribution in [0.25, 0.3) is 22.3 Å². The summed E-state index contributed by atoms with van der Waals surface area (Å²) in [5.41, 5.74) is 4.12. The number of pyridine rings is 1. The van der Waals surface area contributed by atoms with Crippen LogP contribution in [0.2, 0.25) is 5.02 Å². The normalized spacial score (nSPS) is 11.2. The van der Waals surface area contributed by atoms with E-state index >= 15 is 0 Å². The maximum atomic E-state index is 12.5. The van der Waals surface area contributed by atoms with Crippen molar-refractivity contribution in [2.45, 2.75) is 40.2 Å². The van der Waals surface area contributed by atoms with Crippen LogP contribution in [-0.4, -0.2) is 14.5 Å². The fourth-order valence-corrected chi connectivity index (χ4v) is 3.21. The van der Waals surface area contributed by atoms with E-state index in [-0.39, 0.29) is 5.69 Å². The fraction of sp³-hybridized carbons (Fsp3) is 0.316. The van der Waals surface area contributed by atoms with Crippen molar-refractivity contribution in [2.75, 3.05) is 0 Å². The van der Waals surface area contributed by atoms with Gasteiger partial charge in [0.25, 0.3) is 0 Å². The minimum absolute atomic E-state index is 0.279. The molecule has 124 valence electrons. The molecule has 0 aliphatic heterocycles. The molecule has 1 aromatic carbocycles. The lowest BCUT2D eigenvalue weighted by atomic mass is 10.0. The van der Waals surface area contributed by atoms with Gasteiger partial charge in [0.05, 0.1) is 5.69 Å². The van der Waals surface area contributed by atoms with E-state index in [9.17, 15) is 4.79 Å². The van der Waals surface area contributed by atoms with Crippen LogP contribution in [0.5, 0.6) is 0 Å². The lowest BCUT2D eigenvalue weighted by Gasteiger charge is -2.14. The minimum atomic E-state index is -0.279. The summed E-state index contributed by atoms with van der Waals surface area (Å²) in [5, 5.41) is 1.52. The Kier molecular flexibility index (Phi) is 4.67. The van der Waals surface area contributed by atoms with Gasteiger partial charge >= 0.3 is 5.69 Å². The van der Waals surface area contributed by atoms with E-state index in [1.165, 1.54) is 5.56 Å². The molecule has 0 aliphatic rings. The van der Waals surface area contributed by atoms with Crippen LogP contribution >= 0.6 is 11.6 Å². The highest BCUT2D eigenvalue weighted by Gasteiger charge is 2.15. The Balaban J connectivity index is 2.44.